The van der Waals surface area contributed by atoms with Crippen molar-refractivity contribution in [1.82, 2.24) is 14.5 Å². The van der Waals surface area contributed by atoms with Crippen molar-refractivity contribution < 1.29 is 9.53 Å². The van der Waals surface area contributed by atoms with E-state index in [0.29, 0.717) is 30.9 Å². The van der Waals surface area contributed by atoms with Crippen LogP contribution in [0.5, 0.6) is 0 Å². The van der Waals surface area contributed by atoms with E-state index in [0.717, 1.165) is 33.5 Å². The SMILES string of the molecule is CCOC(=O)N1CCc2c(sc3[nH]c(=S)n(C4CC4)c(=O)c23)C1. The van der Waals surface area contributed by atoms with Crippen molar-refractivity contribution >= 4 is 39.9 Å². The molecule has 8 heteroatoms. The Morgan fingerprint density at radius 3 is 2.96 bits per heavy atom. The van der Waals surface area contributed by atoms with Crippen LogP contribution in [0.25, 0.3) is 10.2 Å². The number of thiophene rings is 1. The predicted octanol–water partition coefficient (Wildman–Crippen LogP) is 2.97. The van der Waals surface area contributed by atoms with Crippen LogP contribution in [0.3, 0.4) is 0 Å². The number of nitrogens with zero attached hydrogens (tertiary/aromatic N) is 2. The highest BCUT2D eigenvalue weighted by atomic mass is 32.1. The molecule has 0 bridgehead atoms. The molecule has 2 aromatic heterocycles. The number of H-pyrrole nitrogens is 1. The van der Waals surface area contributed by atoms with Gasteiger partial charge in [0.25, 0.3) is 5.56 Å². The standard InChI is InChI=1S/C15H17N3O3S2/c1-2-21-15(20)17-6-5-9-10(7-17)23-12-11(9)13(19)18(8-3-4-8)14(22)16-12/h8H,2-7H2,1H3,(H,16,22). The molecule has 0 saturated heterocycles. The first-order valence-electron chi connectivity index (χ1n) is 7.81. The molecule has 6 nitrogen and oxygen atoms in total. The van der Waals surface area contributed by atoms with Gasteiger partial charge in [0.1, 0.15) is 4.83 Å². The van der Waals surface area contributed by atoms with Crippen LogP contribution < -0.4 is 5.56 Å². The third-order valence-electron chi connectivity index (χ3n) is 4.37. The van der Waals surface area contributed by atoms with E-state index in [2.05, 4.69) is 4.98 Å². The van der Waals surface area contributed by atoms with E-state index in [1.54, 1.807) is 16.4 Å². The number of carbonyl (C=O) groups excluding carboxylic acids is 1. The van der Waals surface area contributed by atoms with Gasteiger partial charge in [0.05, 0.1) is 18.5 Å². The maximum Gasteiger partial charge on any atom is 0.410 e. The third-order valence-corrected chi connectivity index (χ3v) is 5.80. The van der Waals surface area contributed by atoms with Crippen molar-refractivity contribution in [3.8, 4) is 0 Å². The molecule has 2 aliphatic rings. The molecule has 3 heterocycles. The number of aromatic amines is 1. The first-order chi connectivity index (χ1) is 11.1. The molecule has 1 amide bonds. The van der Waals surface area contributed by atoms with Crippen molar-refractivity contribution in [1.29, 1.82) is 0 Å². The van der Waals surface area contributed by atoms with E-state index in [-0.39, 0.29) is 17.7 Å². The second kappa shape index (κ2) is 5.45. The van der Waals surface area contributed by atoms with Gasteiger partial charge >= 0.3 is 6.09 Å². The molecule has 0 aromatic carbocycles. The predicted molar refractivity (Wildman–Crippen MR) is 90.7 cm³/mol. The summed E-state index contributed by atoms with van der Waals surface area (Å²) < 4.78 is 7.30. The Bertz CT molecular complexity index is 907. The monoisotopic (exact) mass is 351 g/mol. The fourth-order valence-corrected chi connectivity index (χ4v) is 4.78. The average molecular weight is 351 g/mol. The van der Waals surface area contributed by atoms with Crippen molar-refractivity contribution in [3.05, 3.63) is 25.6 Å². The van der Waals surface area contributed by atoms with Crippen LogP contribution in [-0.2, 0) is 17.7 Å². The molecule has 0 unspecified atom stereocenters. The zero-order valence-corrected chi connectivity index (χ0v) is 14.4. The van der Waals surface area contributed by atoms with Crippen LogP contribution in [-0.4, -0.2) is 33.7 Å². The van der Waals surface area contributed by atoms with Crippen LogP contribution in [0.2, 0.25) is 0 Å². The second-order valence-electron chi connectivity index (χ2n) is 5.91. The fraction of sp³-hybridized carbons (Fsp3) is 0.533. The quantitative estimate of drug-likeness (QED) is 0.845. The van der Waals surface area contributed by atoms with Crippen molar-refractivity contribution in [2.24, 2.45) is 0 Å². The van der Waals surface area contributed by atoms with Gasteiger partial charge in [0.15, 0.2) is 4.77 Å². The normalized spacial score (nSPS) is 17.3. The minimum Gasteiger partial charge on any atom is -0.450 e. The molecule has 1 saturated carbocycles. The van der Waals surface area contributed by atoms with Gasteiger partial charge in [-0.3, -0.25) is 9.36 Å². The van der Waals surface area contributed by atoms with E-state index in [9.17, 15) is 9.59 Å². The number of hydrogen-bond donors (Lipinski definition) is 1. The lowest BCUT2D eigenvalue weighted by Crippen LogP contribution is -2.36. The first-order valence-corrected chi connectivity index (χ1v) is 9.03. The molecular formula is C15H17N3O3S2. The Kier molecular flexibility index (Phi) is 3.53. The molecule has 0 radical (unpaired) electrons. The lowest BCUT2D eigenvalue weighted by atomic mass is 10.1. The highest BCUT2D eigenvalue weighted by molar-refractivity contribution is 7.71. The maximum absolute atomic E-state index is 12.9. The van der Waals surface area contributed by atoms with Crippen LogP contribution in [0, 0.1) is 4.77 Å². The zero-order valence-electron chi connectivity index (χ0n) is 12.8. The third kappa shape index (κ3) is 2.40. The van der Waals surface area contributed by atoms with Crippen LogP contribution in [0.4, 0.5) is 4.79 Å². The summed E-state index contributed by atoms with van der Waals surface area (Å²) in [5.41, 5.74) is 1.09. The summed E-state index contributed by atoms with van der Waals surface area (Å²) in [5, 5.41) is 0.758. The summed E-state index contributed by atoms with van der Waals surface area (Å²) >= 11 is 6.88. The molecule has 1 aliphatic carbocycles. The summed E-state index contributed by atoms with van der Waals surface area (Å²) in [6, 6.07) is 0.255. The molecular weight excluding hydrogens is 334 g/mol. The van der Waals surface area contributed by atoms with E-state index in [1.807, 2.05) is 0 Å². The van der Waals surface area contributed by atoms with Gasteiger partial charge in [-0.25, -0.2) is 4.79 Å². The number of amides is 1. The summed E-state index contributed by atoms with van der Waals surface area (Å²) in [4.78, 5) is 31.5. The molecule has 122 valence electrons. The molecule has 0 spiro atoms. The van der Waals surface area contributed by atoms with Crippen LogP contribution >= 0.6 is 23.6 Å². The van der Waals surface area contributed by atoms with E-state index in [4.69, 9.17) is 17.0 Å². The Balaban J connectivity index is 1.79. The first kappa shape index (κ1) is 14.9. The van der Waals surface area contributed by atoms with E-state index < -0.39 is 0 Å². The van der Waals surface area contributed by atoms with Gasteiger partial charge in [0.2, 0.25) is 0 Å². The van der Waals surface area contributed by atoms with Gasteiger partial charge < -0.3 is 14.6 Å². The van der Waals surface area contributed by atoms with Gasteiger partial charge in [-0.2, -0.15) is 0 Å². The van der Waals surface area contributed by atoms with Gasteiger partial charge in [0, 0.05) is 17.5 Å². The zero-order chi connectivity index (χ0) is 16.1. The van der Waals surface area contributed by atoms with Crippen molar-refractivity contribution in [2.45, 2.75) is 38.8 Å². The van der Waals surface area contributed by atoms with Gasteiger partial charge in [-0.1, -0.05) is 0 Å². The van der Waals surface area contributed by atoms with Gasteiger partial charge in [-0.15, -0.1) is 11.3 Å². The van der Waals surface area contributed by atoms with Crippen LogP contribution in [0.15, 0.2) is 4.79 Å². The minimum atomic E-state index is -0.293. The molecule has 2 aromatic rings. The molecule has 23 heavy (non-hydrogen) atoms. The Hall–Kier alpha value is -1.67. The Labute approximate surface area is 141 Å². The number of carbonyl (C=O) groups is 1. The highest BCUT2D eigenvalue weighted by Gasteiger charge is 2.30. The number of nitrogens with one attached hydrogen (secondary N) is 1. The van der Waals surface area contributed by atoms with Crippen molar-refractivity contribution in [2.75, 3.05) is 13.2 Å². The summed E-state index contributed by atoms with van der Waals surface area (Å²) in [5.74, 6) is 0. The average Bonchev–Trinajstić information content (AvgIpc) is 3.26. The lowest BCUT2D eigenvalue weighted by Gasteiger charge is -2.25. The molecule has 0 atom stereocenters. The second-order valence-corrected chi connectivity index (χ2v) is 7.41. The molecule has 1 fully saturated rings. The summed E-state index contributed by atoms with van der Waals surface area (Å²) in [6.07, 6.45) is 2.43. The summed E-state index contributed by atoms with van der Waals surface area (Å²) in [6.45, 7) is 3.24. The topological polar surface area (TPSA) is 67.3 Å². The fourth-order valence-electron chi connectivity index (χ4n) is 3.12. The summed E-state index contributed by atoms with van der Waals surface area (Å²) in [7, 11) is 0. The molecule has 4 rings (SSSR count). The smallest absolute Gasteiger partial charge is 0.410 e. The highest BCUT2D eigenvalue weighted by Crippen LogP contribution is 2.36. The lowest BCUT2D eigenvalue weighted by molar-refractivity contribution is 0.103. The molecule has 1 N–H and O–H groups in total. The number of hydrogen-bond acceptors (Lipinski definition) is 5. The van der Waals surface area contributed by atoms with Crippen molar-refractivity contribution in [3.63, 3.8) is 0 Å². The number of aromatic nitrogens is 2. The van der Waals surface area contributed by atoms with Crippen LogP contribution in [0.1, 0.15) is 36.2 Å². The number of fused-ring (bicyclic) bond motifs is 3. The number of ether oxygens (including phenoxy) is 1. The molecule has 1 aliphatic heterocycles. The largest absolute Gasteiger partial charge is 0.450 e. The van der Waals surface area contributed by atoms with E-state index in [1.165, 1.54) is 11.3 Å². The van der Waals surface area contributed by atoms with Gasteiger partial charge in [-0.05, 0) is 44.0 Å². The minimum absolute atomic E-state index is 0.0216. The number of rotatable bonds is 2. The van der Waals surface area contributed by atoms with E-state index >= 15 is 0 Å². The Morgan fingerprint density at radius 2 is 2.26 bits per heavy atom. The maximum atomic E-state index is 12.9. The Morgan fingerprint density at radius 1 is 1.48 bits per heavy atom.